The zero-order valence-electron chi connectivity index (χ0n) is 17.4. The SMILES string of the molecule is CC[C@@H](C(=O)Nc1cccc([C@@H]2SCC(=O)N2c2ccc(F)cc2F)c1)c1ccccc1. The van der Waals surface area contributed by atoms with Crippen LogP contribution in [0.25, 0.3) is 0 Å². The van der Waals surface area contributed by atoms with Gasteiger partial charge in [-0.15, -0.1) is 11.8 Å². The van der Waals surface area contributed by atoms with Gasteiger partial charge in [-0.3, -0.25) is 14.5 Å². The van der Waals surface area contributed by atoms with E-state index in [0.717, 1.165) is 23.3 Å². The van der Waals surface area contributed by atoms with Crippen molar-refractivity contribution in [1.82, 2.24) is 0 Å². The van der Waals surface area contributed by atoms with Crippen LogP contribution < -0.4 is 10.2 Å². The highest BCUT2D eigenvalue weighted by Gasteiger charge is 2.35. The van der Waals surface area contributed by atoms with E-state index in [1.807, 2.05) is 43.3 Å². The molecule has 164 valence electrons. The molecule has 0 unspecified atom stereocenters. The molecule has 0 aliphatic carbocycles. The van der Waals surface area contributed by atoms with Crippen LogP contribution in [0.1, 0.15) is 35.8 Å². The molecule has 3 aromatic carbocycles. The van der Waals surface area contributed by atoms with Gasteiger partial charge in [0.25, 0.3) is 0 Å². The van der Waals surface area contributed by atoms with E-state index < -0.39 is 17.0 Å². The number of nitrogens with zero attached hydrogens (tertiary/aromatic N) is 1. The summed E-state index contributed by atoms with van der Waals surface area (Å²) in [7, 11) is 0. The molecule has 1 aliphatic rings. The van der Waals surface area contributed by atoms with Crippen LogP contribution in [0.15, 0.2) is 72.8 Å². The van der Waals surface area contributed by atoms with Crippen molar-refractivity contribution < 1.29 is 18.4 Å². The zero-order chi connectivity index (χ0) is 22.7. The van der Waals surface area contributed by atoms with E-state index in [1.54, 1.807) is 18.2 Å². The summed E-state index contributed by atoms with van der Waals surface area (Å²) in [6.07, 6.45) is 0.653. The van der Waals surface area contributed by atoms with Crippen LogP contribution in [-0.2, 0) is 9.59 Å². The molecule has 0 saturated carbocycles. The van der Waals surface area contributed by atoms with Crippen LogP contribution in [-0.4, -0.2) is 17.6 Å². The Morgan fingerprint density at radius 3 is 2.59 bits per heavy atom. The first-order chi connectivity index (χ1) is 15.5. The molecule has 7 heteroatoms. The van der Waals surface area contributed by atoms with Crippen molar-refractivity contribution in [3.05, 3.63) is 95.6 Å². The standard InChI is InChI=1S/C25H22F2N2O2S/c1-2-20(16-7-4-3-5-8-16)24(31)28-19-10-6-9-17(13-19)25-29(23(30)15-32-25)22-12-11-18(26)14-21(22)27/h3-14,20,25H,2,15H2,1H3,(H,28,31)/t20-,25+/m1/s1. The minimum Gasteiger partial charge on any atom is -0.326 e. The first-order valence-electron chi connectivity index (χ1n) is 10.3. The molecule has 0 spiro atoms. The van der Waals surface area contributed by atoms with Crippen molar-refractivity contribution in [2.75, 3.05) is 16.0 Å². The molecule has 4 rings (SSSR count). The van der Waals surface area contributed by atoms with Crippen molar-refractivity contribution in [3.63, 3.8) is 0 Å². The van der Waals surface area contributed by atoms with Crippen LogP contribution in [0.2, 0.25) is 0 Å². The number of amides is 2. The molecule has 0 aromatic heterocycles. The zero-order valence-corrected chi connectivity index (χ0v) is 18.2. The second-order valence-electron chi connectivity index (χ2n) is 7.51. The number of carbonyl (C=O) groups excluding carboxylic acids is 2. The average Bonchev–Trinajstić information content (AvgIpc) is 3.16. The van der Waals surface area contributed by atoms with E-state index in [-0.39, 0.29) is 29.2 Å². The van der Waals surface area contributed by atoms with Gasteiger partial charge in [0.05, 0.1) is 17.4 Å². The second-order valence-corrected chi connectivity index (χ2v) is 8.58. The summed E-state index contributed by atoms with van der Waals surface area (Å²) in [5, 5.41) is 2.49. The number of benzene rings is 3. The minimum absolute atomic E-state index is 0.0379. The fourth-order valence-electron chi connectivity index (χ4n) is 3.86. The third-order valence-corrected chi connectivity index (χ3v) is 6.62. The van der Waals surface area contributed by atoms with Gasteiger partial charge in [0, 0.05) is 11.8 Å². The molecule has 32 heavy (non-hydrogen) atoms. The number of nitrogens with one attached hydrogen (secondary N) is 1. The number of thioether (sulfide) groups is 1. The average molecular weight is 453 g/mol. The normalized spacial score (nSPS) is 16.8. The Kier molecular flexibility index (Phi) is 6.55. The first-order valence-corrected chi connectivity index (χ1v) is 11.4. The second kappa shape index (κ2) is 9.53. The lowest BCUT2D eigenvalue weighted by Gasteiger charge is -2.25. The lowest BCUT2D eigenvalue weighted by atomic mass is 9.95. The smallest absolute Gasteiger partial charge is 0.238 e. The van der Waals surface area contributed by atoms with E-state index in [0.29, 0.717) is 12.1 Å². The van der Waals surface area contributed by atoms with Crippen LogP contribution in [0.3, 0.4) is 0 Å². The molecule has 1 saturated heterocycles. The highest BCUT2D eigenvalue weighted by atomic mass is 32.2. The summed E-state index contributed by atoms with van der Waals surface area (Å²) in [6.45, 7) is 1.96. The Bertz CT molecular complexity index is 1140. The van der Waals surface area contributed by atoms with E-state index in [1.165, 1.54) is 22.7 Å². The van der Waals surface area contributed by atoms with Crippen molar-refractivity contribution in [2.24, 2.45) is 0 Å². The van der Waals surface area contributed by atoms with Crippen LogP contribution in [0, 0.1) is 11.6 Å². The fourth-order valence-corrected chi connectivity index (χ4v) is 5.02. The third kappa shape index (κ3) is 4.53. The van der Waals surface area contributed by atoms with Crippen molar-refractivity contribution >= 4 is 35.0 Å². The number of hydrogen-bond donors (Lipinski definition) is 1. The third-order valence-electron chi connectivity index (χ3n) is 5.40. The summed E-state index contributed by atoms with van der Waals surface area (Å²) in [4.78, 5) is 26.8. The Labute approximate surface area is 189 Å². The Morgan fingerprint density at radius 2 is 1.88 bits per heavy atom. The number of halogens is 2. The number of anilines is 2. The lowest BCUT2D eigenvalue weighted by Crippen LogP contribution is -2.28. The molecular formula is C25H22F2N2O2S. The first kappa shape index (κ1) is 22.0. The number of carbonyl (C=O) groups is 2. The molecule has 2 amide bonds. The van der Waals surface area contributed by atoms with E-state index in [2.05, 4.69) is 5.32 Å². The van der Waals surface area contributed by atoms with Gasteiger partial charge in [0.2, 0.25) is 11.8 Å². The van der Waals surface area contributed by atoms with Gasteiger partial charge in [-0.1, -0.05) is 49.4 Å². The summed E-state index contributed by atoms with van der Waals surface area (Å²) in [5.74, 6) is -1.96. The molecule has 2 atom stereocenters. The van der Waals surface area contributed by atoms with Gasteiger partial charge < -0.3 is 5.32 Å². The predicted molar refractivity (Wildman–Crippen MR) is 124 cm³/mol. The Morgan fingerprint density at radius 1 is 1.09 bits per heavy atom. The van der Waals surface area contributed by atoms with Gasteiger partial charge in [-0.2, -0.15) is 0 Å². The summed E-state index contributed by atoms with van der Waals surface area (Å²) < 4.78 is 27.8. The van der Waals surface area contributed by atoms with E-state index in [9.17, 15) is 18.4 Å². The molecule has 4 nitrogen and oxygen atoms in total. The van der Waals surface area contributed by atoms with Gasteiger partial charge in [0.1, 0.15) is 17.0 Å². The van der Waals surface area contributed by atoms with E-state index >= 15 is 0 Å². The summed E-state index contributed by atoms with van der Waals surface area (Å²) in [5.41, 5.74) is 2.33. The highest BCUT2D eigenvalue weighted by molar-refractivity contribution is 8.00. The van der Waals surface area contributed by atoms with Crippen LogP contribution in [0.5, 0.6) is 0 Å². The summed E-state index contributed by atoms with van der Waals surface area (Å²) >= 11 is 1.36. The molecule has 1 aliphatic heterocycles. The minimum atomic E-state index is -0.788. The Hall–Kier alpha value is -3.19. The Balaban J connectivity index is 1.58. The van der Waals surface area contributed by atoms with Crippen molar-refractivity contribution in [2.45, 2.75) is 24.6 Å². The quantitative estimate of drug-likeness (QED) is 0.508. The maximum atomic E-state index is 14.4. The largest absolute Gasteiger partial charge is 0.326 e. The molecule has 1 heterocycles. The van der Waals surface area contributed by atoms with Gasteiger partial charge in [0.15, 0.2) is 0 Å². The maximum Gasteiger partial charge on any atom is 0.238 e. The lowest BCUT2D eigenvalue weighted by molar-refractivity contribution is -0.118. The molecule has 0 radical (unpaired) electrons. The van der Waals surface area contributed by atoms with Crippen LogP contribution in [0.4, 0.5) is 20.2 Å². The molecule has 1 fully saturated rings. The molecular weight excluding hydrogens is 430 g/mol. The topological polar surface area (TPSA) is 49.4 Å². The number of rotatable bonds is 6. The van der Waals surface area contributed by atoms with Crippen LogP contribution >= 0.6 is 11.8 Å². The van der Waals surface area contributed by atoms with E-state index in [4.69, 9.17) is 0 Å². The van der Waals surface area contributed by atoms with Gasteiger partial charge in [-0.05, 0) is 41.8 Å². The van der Waals surface area contributed by atoms with Crippen molar-refractivity contribution in [3.8, 4) is 0 Å². The number of hydrogen-bond acceptors (Lipinski definition) is 3. The molecule has 0 bridgehead atoms. The monoisotopic (exact) mass is 452 g/mol. The fraction of sp³-hybridized carbons (Fsp3) is 0.200. The molecule has 3 aromatic rings. The van der Waals surface area contributed by atoms with Gasteiger partial charge >= 0.3 is 0 Å². The van der Waals surface area contributed by atoms with Gasteiger partial charge in [-0.25, -0.2) is 8.78 Å². The predicted octanol–water partition coefficient (Wildman–Crippen LogP) is 5.88. The molecule has 1 N–H and O–H groups in total. The summed E-state index contributed by atoms with van der Waals surface area (Å²) in [6, 6.07) is 20.0. The maximum absolute atomic E-state index is 14.4. The highest BCUT2D eigenvalue weighted by Crippen LogP contribution is 2.43. The van der Waals surface area contributed by atoms with Crippen molar-refractivity contribution in [1.29, 1.82) is 0 Å².